The summed E-state index contributed by atoms with van der Waals surface area (Å²) in [5.74, 6) is -0.0666. The van der Waals surface area contributed by atoms with E-state index in [0.29, 0.717) is 29.9 Å². The van der Waals surface area contributed by atoms with Gasteiger partial charge in [0.1, 0.15) is 0 Å². The van der Waals surface area contributed by atoms with Gasteiger partial charge in [-0.1, -0.05) is 0 Å². The van der Waals surface area contributed by atoms with Crippen LogP contribution < -0.4 is 16.0 Å². The van der Waals surface area contributed by atoms with Crippen LogP contribution in [0.25, 0.3) is 0 Å². The third kappa shape index (κ3) is 3.88. The molecule has 1 fully saturated rings. The maximum absolute atomic E-state index is 12.2. The zero-order chi connectivity index (χ0) is 15.6. The first-order valence-corrected chi connectivity index (χ1v) is 7.47. The molecule has 3 N–H and O–H groups in total. The molecular formula is C16H26N4O. The quantitative estimate of drug-likeness (QED) is 0.780. The van der Waals surface area contributed by atoms with Crippen molar-refractivity contribution in [1.29, 1.82) is 0 Å². The standard InChI is InChI=1S/C16H26N4O/c1-11(20(4)13-6-7-13)10-18-16(21)12-5-8-15(19(2)3)14(17)9-12/h5,8-9,11,13H,6-7,10,17H2,1-4H3,(H,18,21). The fourth-order valence-electron chi connectivity index (χ4n) is 2.43. The van der Waals surface area contributed by atoms with Gasteiger partial charge in [-0.25, -0.2) is 0 Å². The van der Waals surface area contributed by atoms with Crippen molar-refractivity contribution in [1.82, 2.24) is 10.2 Å². The molecule has 0 radical (unpaired) electrons. The number of nitrogen functional groups attached to an aromatic ring is 1. The molecular weight excluding hydrogens is 264 g/mol. The van der Waals surface area contributed by atoms with Gasteiger partial charge in [-0.05, 0) is 45.0 Å². The van der Waals surface area contributed by atoms with Crippen molar-refractivity contribution in [2.75, 3.05) is 38.3 Å². The number of nitrogens with two attached hydrogens (primary N) is 1. The van der Waals surface area contributed by atoms with Crippen LogP contribution in [0.15, 0.2) is 18.2 Å². The lowest BCUT2D eigenvalue weighted by molar-refractivity contribution is 0.0939. The molecule has 5 nitrogen and oxygen atoms in total. The molecule has 0 bridgehead atoms. The van der Waals surface area contributed by atoms with Gasteiger partial charge in [-0.15, -0.1) is 0 Å². The lowest BCUT2D eigenvalue weighted by Gasteiger charge is -2.24. The van der Waals surface area contributed by atoms with Gasteiger partial charge in [0.05, 0.1) is 11.4 Å². The highest BCUT2D eigenvalue weighted by molar-refractivity contribution is 5.96. The summed E-state index contributed by atoms with van der Waals surface area (Å²) < 4.78 is 0. The van der Waals surface area contributed by atoms with Crippen LogP contribution in [0, 0.1) is 0 Å². The maximum Gasteiger partial charge on any atom is 0.251 e. The van der Waals surface area contributed by atoms with Gasteiger partial charge in [0.25, 0.3) is 5.91 Å². The molecule has 2 rings (SSSR count). The Bertz CT molecular complexity index is 511. The van der Waals surface area contributed by atoms with Gasteiger partial charge >= 0.3 is 0 Å². The second-order valence-electron chi connectivity index (χ2n) is 6.12. The number of anilines is 2. The van der Waals surface area contributed by atoms with Crippen molar-refractivity contribution in [3.63, 3.8) is 0 Å². The predicted octanol–water partition coefficient (Wildman–Crippen LogP) is 1.55. The first kappa shape index (κ1) is 15.6. The number of carbonyl (C=O) groups is 1. The fraction of sp³-hybridized carbons (Fsp3) is 0.562. The summed E-state index contributed by atoms with van der Waals surface area (Å²) in [7, 11) is 5.99. The van der Waals surface area contributed by atoms with E-state index < -0.39 is 0 Å². The molecule has 1 unspecified atom stereocenters. The van der Waals surface area contributed by atoms with Crippen LogP contribution in [-0.2, 0) is 0 Å². The minimum atomic E-state index is -0.0666. The minimum Gasteiger partial charge on any atom is -0.397 e. The lowest BCUT2D eigenvalue weighted by atomic mass is 10.1. The van der Waals surface area contributed by atoms with Gasteiger partial charge < -0.3 is 16.0 Å². The van der Waals surface area contributed by atoms with E-state index in [1.165, 1.54) is 12.8 Å². The van der Waals surface area contributed by atoms with Crippen LogP contribution >= 0.6 is 0 Å². The first-order chi connectivity index (χ1) is 9.90. The Balaban J connectivity index is 1.92. The van der Waals surface area contributed by atoms with Crippen molar-refractivity contribution in [3.05, 3.63) is 23.8 Å². The summed E-state index contributed by atoms with van der Waals surface area (Å²) >= 11 is 0. The fourth-order valence-corrected chi connectivity index (χ4v) is 2.43. The van der Waals surface area contributed by atoms with Crippen molar-refractivity contribution < 1.29 is 4.79 Å². The van der Waals surface area contributed by atoms with E-state index in [-0.39, 0.29) is 5.91 Å². The summed E-state index contributed by atoms with van der Waals surface area (Å²) in [4.78, 5) is 16.5. The predicted molar refractivity (Wildman–Crippen MR) is 87.8 cm³/mol. The number of nitrogens with zero attached hydrogens (tertiary/aromatic N) is 2. The molecule has 1 aromatic carbocycles. The topological polar surface area (TPSA) is 61.6 Å². The Morgan fingerprint density at radius 2 is 2.05 bits per heavy atom. The normalized spacial score (nSPS) is 15.9. The first-order valence-electron chi connectivity index (χ1n) is 7.47. The average molecular weight is 290 g/mol. The lowest BCUT2D eigenvalue weighted by Crippen LogP contribution is -2.41. The summed E-state index contributed by atoms with van der Waals surface area (Å²) in [5, 5.41) is 2.99. The third-order valence-corrected chi connectivity index (χ3v) is 4.15. The molecule has 1 amide bonds. The molecule has 0 aromatic heterocycles. The van der Waals surface area contributed by atoms with Crippen LogP contribution in [0.3, 0.4) is 0 Å². The molecule has 21 heavy (non-hydrogen) atoms. The van der Waals surface area contributed by atoms with Gasteiger partial charge in [0, 0.05) is 38.3 Å². The smallest absolute Gasteiger partial charge is 0.251 e. The van der Waals surface area contributed by atoms with Gasteiger partial charge in [-0.2, -0.15) is 0 Å². The molecule has 0 saturated heterocycles. The Labute approximate surface area is 127 Å². The maximum atomic E-state index is 12.2. The number of nitrogens with one attached hydrogen (secondary N) is 1. The number of benzene rings is 1. The summed E-state index contributed by atoms with van der Waals surface area (Å²) in [6.07, 6.45) is 2.55. The van der Waals surface area contributed by atoms with Crippen LogP contribution in [0.4, 0.5) is 11.4 Å². The second-order valence-corrected chi connectivity index (χ2v) is 6.12. The Hall–Kier alpha value is -1.75. The Morgan fingerprint density at radius 3 is 2.57 bits per heavy atom. The van der Waals surface area contributed by atoms with E-state index in [2.05, 4.69) is 24.2 Å². The number of carbonyl (C=O) groups excluding carboxylic acids is 1. The number of amides is 1. The highest BCUT2D eigenvalue weighted by Gasteiger charge is 2.29. The molecule has 0 aliphatic heterocycles. The molecule has 1 saturated carbocycles. The van der Waals surface area contributed by atoms with Crippen molar-refractivity contribution >= 4 is 17.3 Å². The highest BCUT2D eigenvalue weighted by atomic mass is 16.1. The number of hydrogen-bond donors (Lipinski definition) is 2. The molecule has 5 heteroatoms. The SMILES string of the molecule is CC(CNC(=O)c1ccc(N(C)C)c(N)c1)N(C)C1CC1. The molecule has 1 atom stereocenters. The van der Waals surface area contributed by atoms with E-state index in [1.807, 2.05) is 31.1 Å². The molecule has 0 heterocycles. The van der Waals surface area contributed by atoms with Crippen molar-refractivity contribution in [2.24, 2.45) is 0 Å². The van der Waals surface area contributed by atoms with Crippen molar-refractivity contribution in [2.45, 2.75) is 31.8 Å². The molecule has 1 aliphatic carbocycles. The van der Waals surface area contributed by atoms with E-state index in [4.69, 9.17) is 5.73 Å². The molecule has 116 valence electrons. The van der Waals surface area contributed by atoms with Crippen LogP contribution in [0.2, 0.25) is 0 Å². The largest absolute Gasteiger partial charge is 0.397 e. The van der Waals surface area contributed by atoms with E-state index >= 15 is 0 Å². The summed E-state index contributed by atoms with van der Waals surface area (Å²) in [6, 6.07) is 6.48. The molecule has 1 aliphatic rings. The van der Waals surface area contributed by atoms with Crippen LogP contribution in [0.5, 0.6) is 0 Å². The minimum absolute atomic E-state index is 0.0666. The van der Waals surface area contributed by atoms with E-state index in [9.17, 15) is 4.79 Å². The van der Waals surface area contributed by atoms with E-state index in [0.717, 1.165) is 5.69 Å². The number of hydrogen-bond acceptors (Lipinski definition) is 4. The number of rotatable bonds is 6. The Kier molecular flexibility index (Phi) is 4.73. The zero-order valence-electron chi connectivity index (χ0n) is 13.4. The zero-order valence-corrected chi connectivity index (χ0v) is 13.4. The van der Waals surface area contributed by atoms with Crippen LogP contribution in [-0.4, -0.2) is 50.6 Å². The van der Waals surface area contributed by atoms with Crippen LogP contribution in [0.1, 0.15) is 30.1 Å². The van der Waals surface area contributed by atoms with Crippen molar-refractivity contribution in [3.8, 4) is 0 Å². The molecule has 1 aromatic rings. The highest BCUT2D eigenvalue weighted by Crippen LogP contribution is 2.26. The monoisotopic (exact) mass is 290 g/mol. The third-order valence-electron chi connectivity index (χ3n) is 4.15. The summed E-state index contributed by atoms with van der Waals surface area (Å²) in [6.45, 7) is 2.79. The van der Waals surface area contributed by atoms with E-state index in [1.54, 1.807) is 6.07 Å². The van der Waals surface area contributed by atoms with Gasteiger partial charge in [0.15, 0.2) is 0 Å². The summed E-state index contributed by atoms with van der Waals surface area (Å²) in [5.41, 5.74) is 8.14. The average Bonchev–Trinajstić information content (AvgIpc) is 3.27. The van der Waals surface area contributed by atoms with Gasteiger partial charge in [0.2, 0.25) is 0 Å². The van der Waals surface area contributed by atoms with Gasteiger partial charge in [-0.3, -0.25) is 9.69 Å². The molecule has 0 spiro atoms. The number of likely N-dealkylation sites (N-methyl/N-ethyl adjacent to an activating group) is 1. The Morgan fingerprint density at radius 1 is 1.38 bits per heavy atom. The second kappa shape index (κ2) is 6.35.